The standard InChI is InChI=1S/C19H17ClN4O4S/c1-11(25)28-17-15(26-2)8-12(9-16(17)27-3)10-21-24-18(22-23-19(24)29)13-4-6-14(20)7-5-13/h4-10H,1-3H3,(H,23,29)/b21-10+. The smallest absolute Gasteiger partial charge is 0.308 e. The van der Waals surface area contributed by atoms with Crippen molar-refractivity contribution >= 4 is 36.0 Å². The molecule has 0 saturated heterocycles. The molecule has 1 heterocycles. The van der Waals surface area contributed by atoms with Crippen LogP contribution < -0.4 is 14.2 Å². The Morgan fingerprint density at radius 3 is 2.38 bits per heavy atom. The molecule has 3 aromatic rings. The number of halogens is 1. The number of rotatable bonds is 6. The summed E-state index contributed by atoms with van der Waals surface area (Å²) in [4.78, 5) is 11.4. The van der Waals surface area contributed by atoms with Crippen LogP contribution in [-0.2, 0) is 4.79 Å². The minimum atomic E-state index is -0.486. The number of aromatic amines is 1. The quantitative estimate of drug-likeness (QED) is 0.273. The van der Waals surface area contributed by atoms with Gasteiger partial charge in [-0.2, -0.15) is 14.9 Å². The van der Waals surface area contributed by atoms with E-state index in [1.165, 1.54) is 25.8 Å². The van der Waals surface area contributed by atoms with Gasteiger partial charge in [0.1, 0.15) is 0 Å². The van der Waals surface area contributed by atoms with Gasteiger partial charge in [-0.1, -0.05) is 11.6 Å². The van der Waals surface area contributed by atoms with Crippen molar-refractivity contribution in [1.29, 1.82) is 0 Å². The highest BCUT2D eigenvalue weighted by molar-refractivity contribution is 7.71. The zero-order valence-corrected chi connectivity index (χ0v) is 17.4. The maximum absolute atomic E-state index is 11.4. The summed E-state index contributed by atoms with van der Waals surface area (Å²) in [5.74, 6) is 0.893. The number of nitrogens with one attached hydrogen (secondary N) is 1. The first-order valence-corrected chi connectivity index (χ1v) is 9.13. The summed E-state index contributed by atoms with van der Waals surface area (Å²) in [7, 11) is 2.93. The lowest BCUT2D eigenvalue weighted by Crippen LogP contribution is -2.05. The molecule has 150 valence electrons. The Morgan fingerprint density at radius 2 is 1.83 bits per heavy atom. The van der Waals surface area contributed by atoms with E-state index in [9.17, 15) is 4.79 Å². The molecule has 0 spiro atoms. The molecular formula is C19H17ClN4O4S. The zero-order valence-electron chi connectivity index (χ0n) is 15.8. The van der Waals surface area contributed by atoms with E-state index < -0.39 is 5.97 Å². The van der Waals surface area contributed by atoms with E-state index in [1.54, 1.807) is 30.5 Å². The molecule has 10 heteroatoms. The van der Waals surface area contributed by atoms with Crippen LogP contribution in [0.25, 0.3) is 11.4 Å². The number of hydrogen-bond donors (Lipinski definition) is 1. The van der Waals surface area contributed by atoms with Gasteiger partial charge in [0, 0.05) is 23.1 Å². The second-order valence-corrected chi connectivity index (χ2v) is 6.59. The molecule has 1 N–H and O–H groups in total. The predicted molar refractivity (Wildman–Crippen MR) is 112 cm³/mol. The van der Waals surface area contributed by atoms with E-state index in [-0.39, 0.29) is 5.75 Å². The largest absolute Gasteiger partial charge is 0.493 e. The number of carbonyl (C=O) groups excluding carboxylic acids is 1. The Morgan fingerprint density at radius 1 is 1.21 bits per heavy atom. The number of H-pyrrole nitrogens is 1. The van der Waals surface area contributed by atoms with Gasteiger partial charge >= 0.3 is 5.97 Å². The number of methoxy groups -OCH3 is 2. The van der Waals surface area contributed by atoms with Crippen LogP contribution in [0.15, 0.2) is 41.5 Å². The summed E-state index contributed by atoms with van der Waals surface area (Å²) in [6.45, 7) is 1.30. The van der Waals surface area contributed by atoms with Crippen LogP contribution in [0.2, 0.25) is 5.02 Å². The third-order valence-electron chi connectivity index (χ3n) is 3.80. The molecule has 0 fully saturated rings. The zero-order chi connectivity index (χ0) is 21.0. The average molecular weight is 433 g/mol. The second kappa shape index (κ2) is 8.89. The number of aromatic nitrogens is 3. The number of esters is 1. The third kappa shape index (κ3) is 4.64. The van der Waals surface area contributed by atoms with E-state index in [1.807, 2.05) is 12.1 Å². The van der Waals surface area contributed by atoms with Gasteiger partial charge in [-0.3, -0.25) is 4.79 Å². The Balaban J connectivity index is 2.00. The predicted octanol–water partition coefficient (Wildman–Crippen LogP) is 4.09. The molecular weight excluding hydrogens is 416 g/mol. The number of hydrogen-bond acceptors (Lipinski definition) is 7. The summed E-state index contributed by atoms with van der Waals surface area (Å²) in [6.07, 6.45) is 1.56. The Hall–Kier alpha value is -3.17. The van der Waals surface area contributed by atoms with Crippen LogP contribution in [-0.4, -0.2) is 41.3 Å². The van der Waals surface area contributed by atoms with Crippen LogP contribution in [0, 0.1) is 4.77 Å². The third-order valence-corrected chi connectivity index (χ3v) is 4.32. The van der Waals surface area contributed by atoms with Crippen molar-refractivity contribution in [2.24, 2.45) is 5.10 Å². The SMILES string of the molecule is COc1cc(/C=N/n2c(-c3ccc(Cl)cc3)n[nH]c2=S)cc(OC)c1OC(C)=O. The average Bonchev–Trinajstić information content (AvgIpc) is 3.07. The second-order valence-electron chi connectivity index (χ2n) is 5.76. The van der Waals surface area contributed by atoms with Crippen LogP contribution in [0.4, 0.5) is 0 Å². The molecule has 0 atom stereocenters. The molecule has 0 saturated carbocycles. The summed E-state index contributed by atoms with van der Waals surface area (Å²) in [6, 6.07) is 10.5. The van der Waals surface area contributed by atoms with Gasteiger partial charge in [0.2, 0.25) is 10.5 Å². The van der Waals surface area contributed by atoms with Crippen molar-refractivity contribution in [3.05, 3.63) is 51.8 Å². The van der Waals surface area contributed by atoms with Crippen LogP contribution in [0.3, 0.4) is 0 Å². The topological polar surface area (TPSA) is 90.7 Å². The molecule has 0 aliphatic carbocycles. The van der Waals surface area contributed by atoms with Crippen molar-refractivity contribution in [2.75, 3.05) is 14.2 Å². The highest BCUT2D eigenvalue weighted by atomic mass is 35.5. The molecule has 0 amide bonds. The van der Waals surface area contributed by atoms with Crippen molar-refractivity contribution in [2.45, 2.75) is 6.92 Å². The lowest BCUT2D eigenvalue weighted by molar-refractivity contribution is -0.132. The molecule has 3 rings (SSSR count). The molecule has 8 nitrogen and oxygen atoms in total. The van der Waals surface area contributed by atoms with Crippen molar-refractivity contribution in [1.82, 2.24) is 14.9 Å². The molecule has 0 radical (unpaired) electrons. The van der Waals surface area contributed by atoms with Gasteiger partial charge in [-0.05, 0) is 48.6 Å². The first-order chi connectivity index (χ1) is 13.9. The fourth-order valence-corrected chi connectivity index (χ4v) is 2.83. The van der Waals surface area contributed by atoms with Crippen LogP contribution >= 0.6 is 23.8 Å². The lowest BCUT2D eigenvalue weighted by Gasteiger charge is -2.13. The number of benzene rings is 2. The van der Waals surface area contributed by atoms with Gasteiger partial charge in [0.05, 0.1) is 20.4 Å². The van der Waals surface area contributed by atoms with E-state index in [0.717, 1.165) is 5.56 Å². The summed E-state index contributed by atoms with van der Waals surface area (Å²) >= 11 is 11.2. The van der Waals surface area contributed by atoms with Gasteiger partial charge in [-0.25, -0.2) is 5.10 Å². The van der Waals surface area contributed by atoms with Gasteiger partial charge < -0.3 is 14.2 Å². The number of nitrogens with zero attached hydrogens (tertiary/aromatic N) is 3. The number of carbonyl (C=O) groups is 1. The van der Waals surface area contributed by atoms with Crippen LogP contribution in [0.1, 0.15) is 12.5 Å². The molecule has 1 aromatic heterocycles. The maximum Gasteiger partial charge on any atom is 0.308 e. The summed E-state index contributed by atoms with van der Waals surface area (Å²) in [5.41, 5.74) is 1.43. The first-order valence-electron chi connectivity index (χ1n) is 8.35. The van der Waals surface area contributed by atoms with Gasteiger partial charge in [0.15, 0.2) is 17.3 Å². The highest BCUT2D eigenvalue weighted by Gasteiger charge is 2.16. The molecule has 0 aliphatic heterocycles. The van der Waals surface area contributed by atoms with E-state index in [4.69, 9.17) is 38.0 Å². The Bertz CT molecular complexity index is 1100. The maximum atomic E-state index is 11.4. The van der Waals surface area contributed by atoms with Gasteiger partial charge in [0.25, 0.3) is 0 Å². The monoisotopic (exact) mass is 432 g/mol. The Kier molecular flexibility index (Phi) is 6.30. The van der Waals surface area contributed by atoms with Crippen LogP contribution in [0.5, 0.6) is 17.2 Å². The summed E-state index contributed by atoms with van der Waals surface area (Å²) in [5, 5.41) is 12.0. The highest BCUT2D eigenvalue weighted by Crippen LogP contribution is 2.38. The van der Waals surface area contributed by atoms with Crippen molar-refractivity contribution in [3.63, 3.8) is 0 Å². The molecule has 0 bridgehead atoms. The Labute approximate surface area is 176 Å². The molecule has 0 aliphatic rings. The van der Waals surface area contributed by atoms with Crippen molar-refractivity contribution < 1.29 is 19.0 Å². The van der Waals surface area contributed by atoms with E-state index >= 15 is 0 Å². The summed E-state index contributed by atoms with van der Waals surface area (Å²) < 4.78 is 17.6. The minimum Gasteiger partial charge on any atom is -0.493 e. The molecule has 0 unspecified atom stereocenters. The molecule has 2 aromatic carbocycles. The lowest BCUT2D eigenvalue weighted by atomic mass is 10.2. The fraction of sp³-hybridized carbons (Fsp3) is 0.158. The van der Waals surface area contributed by atoms with Crippen molar-refractivity contribution in [3.8, 4) is 28.6 Å². The normalized spacial score (nSPS) is 10.9. The number of ether oxygens (including phenoxy) is 3. The minimum absolute atomic E-state index is 0.196. The fourth-order valence-electron chi connectivity index (χ4n) is 2.53. The van der Waals surface area contributed by atoms with E-state index in [0.29, 0.717) is 32.7 Å². The molecule has 29 heavy (non-hydrogen) atoms. The first kappa shape index (κ1) is 20.6. The van der Waals surface area contributed by atoms with Gasteiger partial charge in [-0.15, -0.1) is 0 Å². The van der Waals surface area contributed by atoms with E-state index in [2.05, 4.69) is 15.3 Å².